The lowest BCUT2D eigenvalue weighted by atomic mass is 10.2. The molecule has 3 rings (SSSR count). The summed E-state index contributed by atoms with van der Waals surface area (Å²) >= 11 is 7.83. The molecular formula is C16H20ClN3O2S. The SMILES string of the molecule is CCn1ncc(Cl)c1C(=O)N(Cc1ccsc1)CC1CCCO1. The quantitative estimate of drug-likeness (QED) is 0.799. The number of aromatic nitrogens is 2. The van der Waals surface area contributed by atoms with Crippen molar-refractivity contribution < 1.29 is 9.53 Å². The molecule has 0 spiro atoms. The molecule has 1 amide bonds. The van der Waals surface area contributed by atoms with Gasteiger partial charge in [0, 0.05) is 26.2 Å². The highest BCUT2D eigenvalue weighted by molar-refractivity contribution is 7.07. The lowest BCUT2D eigenvalue weighted by Gasteiger charge is -2.25. The van der Waals surface area contributed by atoms with Crippen LogP contribution in [-0.2, 0) is 17.8 Å². The molecule has 0 N–H and O–H groups in total. The summed E-state index contributed by atoms with van der Waals surface area (Å²) in [5.74, 6) is -0.0870. The van der Waals surface area contributed by atoms with Crippen LogP contribution in [0.3, 0.4) is 0 Å². The predicted molar refractivity (Wildman–Crippen MR) is 90.9 cm³/mol. The molecule has 1 atom stereocenters. The minimum atomic E-state index is -0.0870. The van der Waals surface area contributed by atoms with E-state index in [1.54, 1.807) is 16.0 Å². The zero-order chi connectivity index (χ0) is 16.2. The number of hydrogen-bond donors (Lipinski definition) is 0. The van der Waals surface area contributed by atoms with E-state index < -0.39 is 0 Å². The van der Waals surface area contributed by atoms with Crippen molar-refractivity contribution in [2.45, 2.75) is 39.0 Å². The molecule has 0 radical (unpaired) electrons. The smallest absolute Gasteiger partial charge is 0.274 e. The first-order valence-corrected chi connectivity index (χ1v) is 9.14. The third-order valence-corrected chi connectivity index (χ3v) is 4.99. The van der Waals surface area contributed by atoms with Gasteiger partial charge in [0.1, 0.15) is 5.69 Å². The minimum Gasteiger partial charge on any atom is -0.376 e. The summed E-state index contributed by atoms with van der Waals surface area (Å²) in [6.45, 7) is 4.48. The number of carbonyl (C=O) groups excluding carboxylic acids is 1. The van der Waals surface area contributed by atoms with Gasteiger partial charge >= 0.3 is 0 Å². The number of nitrogens with zero attached hydrogens (tertiary/aromatic N) is 3. The molecule has 1 aliphatic rings. The van der Waals surface area contributed by atoms with E-state index in [9.17, 15) is 4.79 Å². The summed E-state index contributed by atoms with van der Waals surface area (Å²) in [7, 11) is 0. The van der Waals surface area contributed by atoms with Crippen LogP contribution in [0.1, 0.15) is 35.8 Å². The van der Waals surface area contributed by atoms with Gasteiger partial charge in [-0.15, -0.1) is 0 Å². The molecular weight excluding hydrogens is 334 g/mol. The summed E-state index contributed by atoms with van der Waals surface area (Å²) in [4.78, 5) is 14.9. The number of thiophene rings is 1. The normalized spacial score (nSPS) is 17.6. The average Bonchev–Trinajstić information content (AvgIpc) is 3.28. The Hall–Kier alpha value is -1.37. The second kappa shape index (κ2) is 7.47. The second-order valence-corrected chi connectivity index (χ2v) is 6.80. The van der Waals surface area contributed by atoms with Gasteiger partial charge in [-0.2, -0.15) is 16.4 Å². The Balaban J connectivity index is 1.83. The number of halogens is 1. The Bertz CT molecular complexity index is 650. The molecule has 23 heavy (non-hydrogen) atoms. The Morgan fingerprint density at radius 1 is 1.61 bits per heavy atom. The van der Waals surface area contributed by atoms with E-state index in [0.717, 1.165) is 25.0 Å². The zero-order valence-electron chi connectivity index (χ0n) is 13.1. The fourth-order valence-electron chi connectivity index (χ4n) is 2.82. The maximum Gasteiger partial charge on any atom is 0.274 e. The number of carbonyl (C=O) groups is 1. The van der Waals surface area contributed by atoms with E-state index >= 15 is 0 Å². The van der Waals surface area contributed by atoms with Crippen LogP contribution < -0.4 is 0 Å². The third-order valence-electron chi connectivity index (χ3n) is 3.99. The maximum atomic E-state index is 13.0. The first-order valence-electron chi connectivity index (χ1n) is 7.82. The molecule has 0 saturated carbocycles. The summed E-state index contributed by atoms with van der Waals surface area (Å²) in [6, 6.07) is 2.04. The van der Waals surface area contributed by atoms with Crippen molar-refractivity contribution in [2.24, 2.45) is 0 Å². The highest BCUT2D eigenvalue weighted by Crippen LogP contribution is 2.22. The standard InChI is InChI=1S/C16H20ClN3O2S/c1-2-20-15(14(17)8-18-20)16(21)19(9-12-5-7-23-11-12)10-13-4-3-6-22-13/h5,7-8,11,13H,2-4,6,9-10H2,1H3. The summed E-state index contributed by atoms with van der Waals surface area (Å²) in [6.07, 6.45) is 3.69. The van der Waals surface area contributed by atoms with Crippen LogP contribution in [0.5, 0.6) is 0 Å². The largest absolute Gasteiger partial charge is 0.376 e. The van der Waals surface area contributed by atoms with Crippen LogP contribution in [0, 0.1) is 0 Å². The van der Waals surface area contributed by atoms with Crippen LogP contribution >= 0.6 is 22.9 Å². The molecule has 5 nitrogen and oxygen atoms in total. The molecule has 2 aromatic heterocycles. The van der Waals surface area contributed by atoms with Gasteiger partial charge < -0.3 is 9.64 Å². The van der Waals surface area contributed by atoms with Gasteiger partial charge in [0.2, 0.25) is 0 Å². The van der Waals surface area contributed by atoms with Crippen molar-refractivity contribution in [3.8, 4) is 0 Å². The van der Waals surface area contributed by atoms with Crippen LogP contribution in [-0.4, -0.2) is 39.8 Å². The van der Waals surface area contributed by atoms with Crippen LogP contribution in [0.15, 0.2) is 23.0 Å². The van der Waals surface area contributed by atoms with Crippen LogP contribution in [0.4, 0.5) is 0 Å². The number of ether oxygens (including phenoxy) is 1. The van der Waals surface area contributed by atoms with Crippen molar-refractivity contribution in [2.75, 3.05) is 13.2 Å². The molecule has 1 unspecified atom stereocenters. The molecule has 3 heterocycles. The second-order valence-electron chi connectivity index (χ2n) is 5.61. The molecule has 0 bridgehead atoms. The van der Waals surface area contributed by atoms with E-state index in [2.05, 4.69) is 10.5 Å². The molecule has 7 heteroatoms. The Labute approximate surface area is 144 Å². The maximum absolute atomic E-state index is 13.0. The highest BCUT2D eigenvalue weighted by atomic mass is 35.5. The van der Waals surface area contributed by atoms with E-state index in [1.165, 1.54) is 6.20 Å². The number of aryl methyl sites for hydroxylation is 1. The molecule has 1 saturated heterocycles. The summed E-state index contributed by atoms with van der Waals surface area (Å²) < 4.78 is 7.36. The lowest BCUT2D eigenvalue weighted by Crippen LogP contribution is -2.38. The summed E-state index contributed by atoms with van der Waals surface area (Å²) in [5.41, 5.74) is 1.59. The molecule has 124 valence electrons. The molecule has 1 aliphatic heterocycles. The Morgan fingerprint density at radius 3 is 3.13 bits per heavy atom. The highest BCUT2D eigenvalue weighted by Gasteiger charge is 2.27. The van der Waals surface area contributed by atoms with Gasteiger partial charge in [0.25, 0.3) is 5.91 Å². The minimum absolute atomic E-state index is 0.0870. The van der Waals surface area contributed by atoms with Crippen molar-refractivity contribution in [3.63, 3.8) is 0 Å². The predicted octanol–water partition coefficient (Wildman–Crippen LogP) is 3.44. The molecule has 0 aromatic carbocycles. The third kappa shape index (κ3) is 3.76. The zero-order valence-corrected chi connectivity index (χ0v) is 14.6. The van der Waals surface area contributed by atoms with Gasteiger partial charge in [0.15, 0.2) is 0 Å². The van der Waals surface area contributed by atoms with Gasteiger partial charge in [-0.25, -0.2) is 0 Å². The first kappa shape index (κ1) is 16.5. The van der Waals surface area contributed by atoms with E-state index in [-0.39, 0.29) is 12.0 Å². The molecule has 0 aliphatic carbocycles. The average molecular weight is 354 g/mol. The molecule has 2 aromatic rings. The van der Waals surface area contributed by atoms with Gasteiger partial charge in [-0.1, -0.05) is 11.6 Å². The topological polar surface area (TPSA) is 47.4 Å². The first-order chi connectivity index (χ1) is 11.2. The van der Waals surface area contributed by atoms with E-state index in [0.29, 0.717) is 30.4 Å². The summed E-state index contributed by atoms with van der Waals surface area (Å²) in [5, 5.41) is 8.66. The lowest BCUT2D eigenvalue weighted by molar-refractivity contribution is 0.0498. The van der Waals surface area contributed by atoms with Crippen molar-refractivity contribution in [1.29, 1.82) is 0 Å². The van der Waals surface area contributed by atoms with E-state index in [1.807, 2.05) is 23.3 Å². The van der Waals surface area contributed by atoms with Crippen molar-refractivity contribution in [3.05, 3.63) is 39.3 Å². The monoisotopic (exact) mass is 353 g/mol. The van der Waals surface area contributed by atoms with Gasteiger partial charge in [-0.05, 0) is 42.2 Å². The van der Waals surface area contributed by atoms with Crippen molar-refractivity contribution >= 4 is 28.8 Å². The van der Waals surface area contributed by atoms with Gasteiger partial charge in [0.05, 0.1) is 17.3 Å². The van der Waals surface area contributed by atoms with E-state index in [4.69, 9.17) is 16.3 Å². The van der Waals surface area contributed by atoms with Gasteiger partial charge in [-0.3, -0.25) is 9.48 Å². The number of rotatable bonds is 6. The molecule has 1 fully saturated rings. The Kier molecular flexibility index (Phi) is 5.35. The van der Waals surface area contributed by atoms with Crippen molar-refractivity contribution in [1.82, 2.24) is 14.7 Å². The fourth-order valence-corrected chi connectivity index (χ4v) is 3.70. The van der Waals surface area contributed by atoms with Crippen LogP contribution in [0.2, 0.25) is 5.02 Å². The number of hydrogen-bond acceptors (Lipinski definition) is 4. The Morgan fingerprint density at radius 2 is 2.48 bits per heavy atom. The van der Waals surface area contributed by atoms with Crippen LogP contribution in [0.25, 0.3) is 0 Å². The fraction of sp³-hybridized carbons (Fsp3) is 0.500. The number of amides is 1.